The van der Waals surface area contributed by atoms with Crippen LogP contribution in [0.4, 0.5) is 5.13 Å². The number of ether oxygens (including phenoxy) is 2. The zero-order valence-corrected chi connectivity index (χ0v) is 24.6. The van der Waals surface area contributed by atoms with Gasteiger partial charge in [-0.05, 0) is 47.9 Å². The molecule has 1 amide bonds. The molecule has 5 rings (SSSR count). The third-order valence-corrected chi connectivity index (χ3v) is 8.84. The summed E-state index contributed by atoms with van der Waals surface area (Å²) in [6.07, 6.45) is 3.21. The van der Waals surface area contributed by atoms with Crippen molar-refractivity contribution >= 4 is 51.5 Å². The number of amides is 1. The first-order valence-corrected chi connectivity index (χ1v) is 15.0. The highest BCUT2D eigenvalue weighted by Crippen LogP contribution is 2.45. The number of rotatable bonds is 12. The number of halogens is 1. The van der Waals surface area contributed by atoms with E-state index in [2.05, 4.69) is 17.1 Å². The van der Waals surface area contributed by atoms with Crippen LogP contribution in [-0.2, 0) is 10.5 Å². The largest absolute Gasteiger partial charge is 0.503 e. The number of aliphatic hydroxyl groups excluding tert-OH is 1. The molecule has 41 heavy (non-hydrogen) atoms. The Morgan fingerprint density at radius 3 is 2.73 bits per heavy atom. The van der Waals surface area contributed by atoms with Gasteiger partial charge in [-0.15, -0.1) is 10.2 Å². The second-order valence-electron chi connectivity index (χ2n) is 8.99. The number of aliphatic hydroxyl groups is 1. The monoisotopic (exact) mass is 611 g/mol. The Balaban J connectivity index is 1.51. The average molecular weight is 612 g/mol. The lowest BCUT2D eigenvalue weighted by Gasteiger charge is -2.24. The molecule has 2 aromatic heterocycles. The molecule has 1 atom stereocenters. The molecule has 0 fully saturated rings. The van der Waals surface area contributed by atoms with Crippen molar-refractivity contribution in [3.05, 3.63) is 94.1 Å². The number of furan rings is 1. The minimum Gasteiger partial charge on any atom is -0.503 e. The van der Waals surface area contributed by atoms with Gasteiger partial charge in [0.05, 0.1) is 31.6 Å². The van der Waals surface area contributed by atoms with Crippen molar-refractivity contribution in [3.8, 4) is 11.5 Å². The number of aromatic nitrogens is 2. The van der Waals surface area contributed by atoms with Gasteiger partial charge in [0.15, 0.2) is 27.4 Å². The van der Waals surface area contributed by atoms with Crippen LogP contribution in [0.15, 0.2) is 80.9 Å². The quantitative estimate of drug-likeness (QED) is 0.0778. The Morgan fingerprint density at radius 2 is 2.00 bits per heavy atom. The number of carbonyl (C=O) groups is 2. The van der Waals surface area contributed by atoms with Crippen molar-refractivity contribution in [2.24, 2.45) is 0 Å². The Labute approximate surface area is 249 Å². The standard InChI is InChI=1S/C29H26ClN3O6S2/c1-3-4-13-38-20-12-11-17(15-22(20)37-2)24-23(25(34)21-10-7-14-39-21)26(35)27(36)33(24)28-31-32-29(41-28)40-16-18-8-5-6-9-19(18)30/h5-12,14-15,24,35H,3-4,13,16H2,1-2H3. The molecule has 0 bridgehead atoms. The number of carbonyl (C=O) groups excluding carboxylic acids is 2. The molecule has 0 saturated heterocycles. The number of Topliss-reactive ketones (excluding diaryl/α,β-unsaturated/α-hetero) is 1. The lowest BCUT2D eigenvalue weighted by Crippen LogP contribution is -2.31. The van der Waals surface area contributed by atoms with Gasteiger partial charge in [0, 0.05) is 10.8 Å². The lowest BCUT2D eigenvalue weighted by molar-refractivity contribution is -0.117. The Kier molecular flexibility index (Phi) is 8.96. The van der Waals surface area contributed by atoms with Crippen molar-refractivity contribution < 1.29 is 28.6 Å². The summed E-state index contributed by atoms with van der Waals surface area (Å²) in [6.45, 7) is 2.59. The molecule has 1 N–H and O–H groups in total. The van der Waals surface area contributed by atoms with Gasteiger partial charge in [0.1, 0.15) is 0 Å². The van der Waals surface area contributed by atoms with E-state index in [4.69, 9.17) is 25.5 Å². The van der Waals surface area contributed by atoms with E-state index < -0.39 is 23.5 Å². The molecule has 4 aromatic rings. The first kappa shape index (κ1) is 28.7. The summed E-state index contributed by atoms with van der Waals surface area (Å²) >= 11 is 8.88. The average Bonchev–Trinajstić information content (AvgIpc) is 3.73. The fraction of sp³-hybridized carbons (Fsp3) is 0.241. The molecule has 1 aliphatic heterocycles. The van der Waals surface area contributed by atoms with Crippen LogP contribution < -0.4 is 14.4 Å². The van der Waals surface area contributed by atoms with Crippen LogP contribution in [0.2, 0.25) is 5.02 Å². The van der Waals surface area contributed by atoms with Gasteiger partial charge in [0.25, 0.3) is 5.91 Å². The van der Waals surface area contributed by atoms with Crippen molar-refractivity contribution in [3.63, 3.8) is 0 Å². The maximum absolute atomic E-state index is 13.5. The summed E-state index contributed by atoms with van der Waals surface area (Å²) in [4.78, 5) is 28.3. The molecule has 2 aromatic carbocycles. The fourth-order valence-corrected chi connectivity index (χ4v) is 6.46. The van der Waals surface area contributed by atoms with Gasteiger partial charge in [-0.1, -0.05) is 72.3 Å². The van der Waals surface area contributed by atoms with Gasteiger partial charge in [0.2, 0.25) is 10.9 Å². The molecular formula is C29H26ClN3O6S2. The van der Waals surface area contributed by atoms with Crippen molar-refractivity contribution in [1.29, 1.82) is 0 Å². The van der Waals surface area contributed by atoms with E-state index >= 15 is 0 Å². The van der Waals surface area contributed by atoms with Crippen LogP contribution in [0, 0.1) is 0 Å². The van der Waals surface area contributed by atoms with E-state index in [0.29, 0.717) is 38.8 Å². The SMILES string of the molecule is CCCCOc1ccc(C2C(C(=O)c3ccco3)=C(O)C(=O)N2c2nnc(SCc3ccccc3Cl)s2)cc1OC. The van der Waals surface area contributed by atoms with E-state index in [1.54, 1.807) is 24.3 Å². The van der Waals surface area contributed by atoms with Crippen molar-refractivity contribution in [2.45, 2.75) is 35.9 Å². The molecule has 212 valence electrons. The van der Waals surface area contributed by atoms with Gasteiger partial charge < -0.3 is 19.0 Å². The number of nitrogens with zero attached hydrogens (tertiary/aromatic N) is 3. The number of hydrogen-bond acceptors (Lipinski definition) is 10. The molecule has 0 saturated carbocycles. The first-order chi connectivity index (χ1) is 19.9. The van der Waals surface area contributed by atoms with Gasteiger partial charge >= 0.3 is 0 Å². The lowest BCUT2D eigenvalue weighted by atomic mass is 9.95. The minimum absolute atomic E-state index is 0.00840. The summed E-state index contributed by atoms with van der Waals surface area (Å²) in [5, 5.41) is 20.4. The number of thioether (sulfide) groups is 1. The summed E-state index contributed by atoms with van der Waals surface area (Å²) < 4.78 is 17.3. The number of unbranched alkanes of at least 4 members (excludes halogenated alkanes) is 1. The highest BCUT2D eigenvalue weighted by atomic mass is 35.5. The van der Waals surface area contributed by atoms with E-state index in [-0.39, 0.29) is 16.5 Å². The van der Waals surface area contributed by atoms with Crippen molar-refractivity contribution in [1.82, 2.24) is 10.2 Å². The van der Waals surface area contributed by atoms with Crippen LogP contribution in [0.5, 0.6) is 11.5 Å². The van der Waals surface area contributed by atoms with Crippen molar-refractivity contribution in [2.75, 3.05) is 18.6 Å². The van der Waals surface area contributed by atoms with E-state index in [9.17, 15) is 14.7 Å². The topological polar surface area (TPSA) is 115 Å². The minimum atomic E-state index is -1.02. The van der Waals surface area contributed by atoms with Crippen LogP contribution in [0.3, 0.4) is 0 Å². The normalized spacial score (nSPS) is 15.0. The van der Waals surface area contributed by atoms with E-state index in [1.807, 2.05) is 24.3 Å². The van der Waals surface area contributed by atoms with Crippen LogP contribution in [-0.4, -0.2) is 40.7 Å². The summed E-state index contributed by atoms with van der Waals surface area (Å²) in [6, 6.07) is 14.7. The molecule has 0 spiro atoms. The van der Waals surface area contributed by atoms with E-state index in [0.717, 1.165) is 18.4 Å². The zero-order chi connectivity index (χ0) is 28.9. The maximum Gasteiger partial charge on any atom is 0.296 e. The predicted octanol–water partition coefficient (Wildman–Crippen LogP) is 7.05. The van der Waals surface area contributed by atoms with Gasteiger partial charge in [-0.2, -0.15) is 0 Å². The molecular weight excluding hydrogens is 586 g/mol. The number of ketones is 1. The number of hydrogen-bond donors (Lipinski definition) is 1. The molecule has 1 aliphatic rings. The fourth-order valence-electron chi connectivity index (χ4n) is 4.30. The van der Waals surface area contributed by atoms with Crippen LogP contribution in [0.1, 0.15) is 47.5 Å². The molecule has 3 heterocycles. The second-order valence-corrected chi connectivity index (χ2v) is 11.6. The molecule has 1 unspecified atom stereocenters. The Bertz CT molecular complexity index is 1590. The summed E-state index contributed by atoms with van der Waals surface area (Å²) in [5.41, 5.74) is 1.31. The highest BCUT2D eigenvalue weighted by molar-refractivity contribution is 8.00. The Morgan fingerprint density at radius 1 is 1.17 bits per heavy atom. The number of methoxy groups -OCH3 is 1. The third-order valence-electron chi connectivity index (χ3n) is 6.37. The predicted molar refractivity (Wildman–Crippen MR) is 157 cm³/mol. The first-order valence-electron chi connectivity index (χ1n) is 12.8. The molecule has 12 heteroatoms. The third kappa shape index (κ3) is 5.97. The maximum atomic E-state index is 13.5. The smallest absolute Gasteiger partial charge is 0.296 e. The van der Waals surface area contributed by atoms with Crippen LogP contribution in [0.25, 0.3) is 0 Å². The van der Waals surface area contributed by atoms with Crippen LogP contribution >= 0.6 is 34.7 Å². The molecule has 0 aliphatic carbocycles. The van der Waals surface area contributed by atoms with E-state index in [1.165, 1.54) is 47.4 Å². The highest BCUT2D eigenvalue weighted by Gasteiger charge is 2.47. The molecule has 9 nitrogen and oxygen atoms in total. The molecule has 0 radical (unpaired) electrons. The number of anilines is 1. The van der Waals surface area contributed by atoms with Gasteiger partial charge in [-0.25, -0.2) is 0 Å². The number of benzene rings is 2. The van der Waals surface area contributed by atoms with Gasteiger partial charge in [-0.3, -0.25) is 14.5 Å². The summed E-state index contributed by atoms with van der Waals surface area (Å²) in [5.74, 6) is -0.574. The summed E-state index contributed by atoms with van der Waals surface area (Å²) in [7, 11) is 1.51. The second kappa shape index (κ2) is 12.8. The zero-order valence-electron chi connectivity index (χ0n) is 22.2. The Hall–Kier alpha value is -3.80.